The second kappa shape index (κ2) is 7.28. The van der Waals surface area contributed by atoms with Gasteiger partial charge in [0, 0.05) is 24.2 Å². The van der Waals surface area contributed by atoms with Gasteiger partial charge in [-0.15, -0.1) is 0 Å². The number of halogens is 3. The second-order valence-corrected chi connectivity index (χ2v) is 5.50. The Bertz CT molecular complexity index is 735. The molecule has 0 spiro atoms. The molecule has 0 aliphatic heterocycles. The monoisotopic (exact) mass is 383 g/mol. The summed E-state index contributed by atoms with van der Waals surface area (Å²) in [5.74, 6) is -3.35. The molecule has 3 N–H and O–H groups in total. The Labute approximate surface area is 139 Å². The number of hydrogen-bond donors (Lipinski definition) is 2. The molecule has 1 aromatic carbocycles. The van der Waals surface area contributed by atoms with Crippen LogP contribution in [0.1, 0.15) is 15.9 Å². The first kappa shape index (κ1) is 17.0. The summed E-state index contributed by atoms with van der Waals surface area (Å²) in [6.07, 6.45) is 1.65. The fourth-order valence-corrected chi connectivity index (χ4v) is 2.35. The minimum atomic E-state index is -1.05. The molecule has 2 amide bonds. The summed E-state index contributed by atoms with van der Waals surface area (Å²) in [4.78, 5) is 27.6. The Morgan fingerprint density at radius 2 is 1.91 bits per heavy atom. The lowest BCUT2D eigenvalue weighted by atomic mass is 10.1. The van der Waals surface area contributed by atoms with Gasteiger partial charge in [-0.05, 0) is 39.7 Å². The Balaban J connectivity index is 2.18. The standard InChI is InChI=1S/C15H12BrF2N3O2/c16-13-8(2-1-3-20-13)6-12(14(19)22)21-15(23)9-4-10(17)7-11(18)5-9/h1-5,7,12H,6H2,(H2,19,22)(H,21,23)/t12-/m1/s1. The Kier molecular flexibility index (Phi) is 5.38. The van der Waals surface area contributed by atoms with Crippen molar-refractivity contribution in [2.45, 2.75) is 12.5 Å². The molecule has 1 heterocycles. The van der Waals surface area contributed by atoms with Crippen LogP contribution >= 0.6 is 15.9 Å². The van der Waals surface area contributed by atoms with Crippen molar-refractivity contribution in [1.29, 1.82) is 0 Å². The van der Waals surface area contributed by atoms with Gasteiger partial charge in [0.15, 0.2) is 0 Å². The van der Waals surface area contributed by atoms with E-state index in [4.69, 9.17) is 5.73 Å². The molecular formula is C15H12BrF2N3O2. The average molecular weight is 384 g/mol. The van der Waals surface area contributed by atoms with E-state index >= 15 is 0 Å². The van der Waals surface area contributed by atoms with Gasteiger partial charge in [-0.2, -0.15) is 0 Å². The smallest absolute Gasteiger partial charge is 0.252 e. The second-order valence-electron chi connectivity index (χ2n) is 4.74. The molecule has 5 nitrogen and oxygen atoms in total. The van der Waals surface area contributed by atoms with Gasteiger partial charge in [0.2, 0.25) is 5.91 Å². The molecule has 0 radical (unpaired) electrons. The number of hydrogen-bond acceptors (Lipinski definition) is 3. The van der Waals surface area contributed by atoms with E-state index in [1.54, 1.807) is 18.3 Å². The number of carbonyl (C=O) groups is 2. The summed E-state index contributed by atoms with van der Waals surface area (Å²) in [5, 5.41) is 2.37. The summed E-state index contributed by atoms with van der Waals surface area (Å²) in [5.41, 5.74) is 5.70. The summed E-state index contributed by atoms with van der Waals surface area (Å²) in [6, 6.07) is 4.72. The molecule has 2 rings (SSSR count). The molecule has 1 aromatic heterocycles. The average Bonchev–Trinajstić information content (AvgIpc) is 2.47. The fourth-order valence-electron chi connectivity index (χ4n) is 1.94. The van der Waals surface area contributed by atoms with Crippen molar-refractivity contribution < 1.29 is 18.4 Å². The molecule has 0 aliphatic carbocycles. The maximum Gasteiger partial charge on any atom is 0.252 e. The largest absolute Gasteiger partial charge is 0.368 e. The van der Waals surface area contributed by atoms with E-state index in [1.807, 2.05) is 0 Å². The molecule has 1 atom stereocenters. The van der Waals surface area contributed by atoms with Crippen molar-refractivity contribution in [2.75, 3.05) is 0 Å². The van der Waals surface area contributed by atoms with E-state index in [1.165, 1.54) is 0 Å². The van der Waals surface area contributed by atoms with Gasteiger partial charge in [0.05, 0.1) is 0 Å². The number of amides is 2. The van der Waals surface area contributed by atoms with Crippen LogP contribution in [0, 0.1) is 11.6 Å². The third kappa shape index (κ3) is 4.56. The van der Waals surface area contributed by atoms with Crippen molar-refractivity contribution in [1.82, 2.24) is 10.3 Å². The van der Waals surface area contributed by atoms with E-state index in [0.29, 0.717) is 16.2 Å². The molecule has 120 valence electrons. The van der Waals surface area contributed by atoms with Crippen molar-refractivity contribution >= 4 is 27.7 Å². The lowest BCUT2D eigenvalue weighted by Crippen LogP contribution is -2.46. The predicted molar refractivity (Wildman–Crippen MR) is 82.4 cm³/mol. The highest BCUT2D eigenvalue weighted by molar-refractivity contribution is 9.10. The van der Waals surface area contributed by atoms with Gasteiger partial charge in [-0.1, -0.05) is 6.07 Å². The number of nitrogens with zero attached hydrogens (tertiary/aromatic N) is 1. The zero-order chi connectivity index (χ0) is 17.0. The number of primary amides is 1. The molecule has 23 heavy (non-hydrogen) atoms. The molecular weight excluding hydrogens is 372 g/mol. The lowest BCUT2D eigenvalue weighted by molar-refractivity contribution is -0.119. The van der Waals surface area contributed by atoms with Gasteiger partial charge in [0.25, 0.3) is 5.91 Å². The van der Waals surface area contributed by atoms with Gasteiger partial charge in [-0.3, -0.25) is 9.59 Å². The van der Waals surface area contributed by atoms with Crippen LogP contribution in [-0.4, -0.2) is 22.8 Å². The normalized spacial score (nSPS) is 11.8. The van der Waals surface area contributed by atoms with Crippen LogP contribution in [0.3, 0.4) is 0 Å². The Morgan fingerprint density at radius 3 is 2.48 bits per heavy atom. The van der Waals surface area contributed by atoms with Crippen molar-refractivity contribution in [3.8, 4) is 0 Å². The fraction of sp³-hybridized carbons (Fsp3) is 0.133. The summed E-state index contributed by atoms with van der Waals surface area (Å²) in [6.45, 7) is 0. The highest BCUT2D eigenvalue weighted by Gasteiger charge is 2.21. The number of rotatable bonds is 5. The van der Waals surface area contributed by atoms with Crippen LogP contribution in [0.4, 0.5) is 8.78 Å². The molecule has 0 saturated carbocycles. The van der Waals surface area contributed by atoms with Crippen LogP contribution in [0.2, 0.25) is 0 Å². The number of pyridine rings is 1. The summed E-state index contributed by atoms with van der Waals surface area (Å²) in [7, 11) is 0. The van der Waals surface area contributed by atoms with E-state index in [0.717, 1.165) is 12.1 Å². The summed E-state index contributed by atoms with van der Waals surface area (Å²) >= 11 is 3.23. The third-order valence-corrected chi connectivity index (χ3v) is 3.75. The predicted octanol–water partition coefficient (Wildman–Crippen LogP) is 1.95. The first-order valence-corrected chi connectivity index (χ1v) is 7.32. The zero-order valence-corrected chi connectivity index (χ0v) is 13.3. The molecule has 0 saturated heterocycles. The van der Waals surface area contributed by atoms with Gasteiger partial charge in [-0.25, -0.2) is 13.8 Å². The first-order chi connectivity index (χ1) is 10.9. The van der Waals surface area contributed by atoms with Crippen LogP contribution in [0.15, 0.2) is 41.1 Å². The van der Waals surface area contributed by atoms with Crippen LogP contribution in [-0.2, 0) is 11.2 Å². The molecule has 0 aliphatic rings. The Morgan fingerprint density at radius 1 is 1.26 bits per heavy atom. The number of carbonyl (C=O) groups excluding carboxylic acids is 2. The van der Waals surface area contributed by atoms with Crippen LogP contribution < -0.4 is 11.1 Å². The van der Waals surface area contributed by atoms with Crippen molar-refractivity contribution in [3.63, 3.8) is 0 Å². The summed E-state index contributed by atoms with van der Waals surface area (Å²) < 4.78 is 26.8. The number of benzene rings is 1. The first-order valence-electron chi connectivity index (χ1n) is 6.52. The minimum absolute atomic E-state index is 0.0906. The van der Waals surface area contributed by atoms with Crippen LogP contribution in [0.25, 0.3) is 0 Å². The highest BCUT2D eigenvalue weighted by atomic mass is 79.9. The lowest BCUT2D eigenvalue weighted by Gasteiger charge is -2.16. The maximum absolute atomic E-state index is 13.2. The quantitative estimate of drug-likeness (QED) is 0.773. The SMILES string of the molecule is NC(=O)[C@@H](Cc1cccnc1Br)NC(=O)c1cc(F)cc(F)c1. The van der Waals surface area contributed by atoms with Crippen molar-refractivity contribution in [2.24, 2.45) is 5.73 Å². The van der Waals surface area contributed by atoms with E-state index < -0.39 is 29.5 Å². The number of aromatic nitrogens is 1. The maximum atomic E-state index is 13.2. The van der Waals surface area contributed by atoms with Gasteiger partial charge < -0.3 is 11.1 Å². The van der Waals surface area contributed by atoms with E-state index in [9.17, 15) is 18.4 Å². The topological polar surface area (TPSA) is 85.1 Å². The molecule has 2 aromatic rings. The molecule has 8 heteroatoms. The van der Waals surface area contributed by atoms with Crippen LogP contribution in [0.5, 0.6) is 0 Å². The van der Waals surface area contributed by atoms with Crippen molar-refractivity contribution in [3.05, 3.63) is 63.9 Å². The molecule has 0 unspecified atom stereocenters. The van der Waals surface area contributed by atoms with Gasteiger partial charge in [0.1, 0.15) is 22.3 Å². The Hall–Kier alpha value is -2.35. The number of nitrogens with two attached hydrogens (primary N) is 1. The third-order valence-electron chi connectivity index (χ3n) is 3.03. The highest BCUT2D eigenvalue weighted by Crippen LogP contribution is 2.15. The van der Waals surface area contributed by atoms with E-state index in [2.05, 4.69) is 26.2 Å². The van der Waals surface area contributed by atoms with Gasteiger partial charge >= 0.3 is 0 Å². The zero-order valence-electron chi connectivity index (χ0n) is 11.7. The molecule has 0 fully saturated rings. The minimum Gasteiger partial charge on any atom is -0.368 e. The van der Waals surface area contributed by atoms with E-state index in [-0.39, 0.29) is 12.0 Å². The number of nitrogens with one attached hydrogen (secondary N) is 1. The molecule has 0 bridgehead atoms.